The maximum Gasteiger partial charge on any atom is 0.183 e. The second kappa shape index (κ2) is 11.1. The normalized spacial score (nSPS) is 11.4. The molecule has 44 heavy (non-hydrogen) atoms. The van der Waals surface area contributed by atoms with Gasteiger partial charge in [0.2, 0.25) is 0 Å². The molecule has 0 aliphatic rings. The van der Waals surface area contributed by atoms with Gasteiger partial charge < -0.3 is 0 Å². The van der Waals surface area contributed by atoms with Crippen LogP contribution in [0.4, 0.5) is 0 Å². The van der Waals surface area contributed by atoms with Gasteiger partial charge in [0.25, 0.3) is 0 Å². The highest BCUT2D eigenvalue weighted by molar-refractivity contribution is 6.39. The van der Waals surface area contributed by atoms with E-state index >= 15 is 0 Å². The van der Waals surface area contributed by atoms with E-state index in [1.807, 2.05) is 72.0 Å². The number of benzene rings is 2. The highest BCUT2D eigenvalue weighted by atomic mass is 35.5. The van der Waals surface area contributed by atoms with Crippen LogP contribution in [0.1, 0.15) is 17.0 Å². The molecule has 0 N–H and O–H groups in total. The Hall–Kier alpha value is -4.77. The number of pyridine rings is 2. The lowest BCUT2D eigenvalue weighted by Gasteiger charge is -2.09. The fourth-order valence-electron chi connectivity index (χ4n) is 5.16. The quantitative estimate of drug-likeness (QED) is 0.190. The highest BCUT2D eigenvalue weighted by Gasteiger charge is 2.20. The number of hydrogen-bond donors (Lipinski definition) is 0. The second-order valence-corrected chi connectivity index (χ2v) is 11.2. The molecule has 216 valence electrons. The molecular formula is C31H21Cl3N10. The molecule has 8 rings (SSSR count). The third kappa shape index (κ3) is 4.59. The van der Waals surface area contributed by atoms with Crippen molar-refractivity contribution in [2.75, 3.05) is 0 Å². The van der Waals surface area contributed by atoms with E-state index in [1.165, 1.54) is 0 Å². The molecule has 0 atom stereocenters. The zero-order valence-electron chi connectivity index (χ0n) is 23.5. The molecule has 0 saturated heterocycles. The summed E-state index contributed by atoms with van der Waals surface area (Å²) in [7, 11) is 0. The Morgan fingerprint density at radius 3 is 1.48 bits per heavy atom. The summed E-state index contributed by atoms with van der Waals surface area (Å²) in [6.45, 7) is 5.79. The minimum absolute atomic E-state index is 0.522. The first-order chi connectivity index (χ1) is 21.3. The first-order valence-electron chi connectivity index (χ1n) is 13.5. The maximum atomic E-state index is 6.40. The van der Waals surface area contributed by atoms with Gasteiger partial charge in [0.15, 0.2) is 34.2 Å². The van der Waals surface area contributed by atoms with Crippen LogP contribution in [0.15, 0.2) is 73.1 Å². The van der Waals surface area contributed by atoms with Crippen molar-refractivity contribution in [2.24, 2.45) is 0 Å². The lowest BCUT2D eigenvalue weighted by molar-refractivity contribution is 1.10. The van der Waals surface area contributed by atoms with E-state index in [-0.39, 0.29) is 0 Å². The summed E-state index contributed by atoms with van der Waals surface area (Å²) in [5.74, 6) is 1.29. The number of halogens is 3. The Bertz CT molecular complexity index is 2170. The van der Waals surface area contributed by atoms with E-state index in [1.54, 1.807) is 30.6 Å². The Morgan fingerprint density at radius 2 is 0.977 bits per heavy atom. The number of nitrogens with zero attached hydrogens (tertiary/aromatic N) is 10. The minimum Gasteiger partial charge on any atom is -0.270 e. The van der Waals surface area contributed by atoms with Crippen LogP contribution in [-0.2, 0) is 0 Å². The molecule has 6 heterocycles. The van der Waals surface area contributed by atoms with Crippen molar-refractivity contribution in [3.05, 3.63) is 105 Å². The maximum absolute atomic E-state index is 6.40. The summed E-state index contributed by atoms with van der Waals surface area (Å²) in [4.78, 5) is 17.6. The van der Waals surface area contributed by atoms with E-state index in [4.69, 9.17) is 34.8 Å². The van der Waals surface area contributed by atoms with Crippen molar-refractivity contribution in [3.8, 4) is 22.8 Å². The molecule has 13 heteroatoms. The van der Waals surface area contributed by atoms with Crippen LogP contribution in [0.25, 0.3) is 56.4 Å². The molecule has 0 saturated carbocycles. The third-order valence-electron chi connectivity index (χ3n) is 7.17. The number of hydrogen-bond acceptors (Lipinski definition) is 8. The fourth-order valence-corrected chi connectivity index (χ4v) is 6.03. The van der Waals surface area contributed by atoms with Gasteiger partial charge in [-0.25, -0.2) is 19.9 Å². The van der Waals surface area contributed by atoms with Gasteiger partial charge >= 0.3 is 0 Å². The van der Waals surface area contributed by atoms with E-state index < -0.39 is 0 Å². The lowest BCUT2D eigenvalue weighted by atomic mass is 10.1. The summed E-state index contributed by atoms with van der Waals surface area (Å²) in [5, 5.41) is 18.9. The van der Waals surface area contributed by atoms with Crippen molar-refractivity contribution in [2.45, 2.75) is 20.8 Å². The van der Waals surface area contributed by atoms with Crippen LogP contribution in [0.2, 0.25) is 15.1 Å². The molecule has 0 aliphatic heterocycles. The highest BCUT2D eigenvalue weighted by Crippen LogP contribution is 2.35. The molecule has 8 aromatic rings. The van der Waals surface area contributed by atoms with Crippen LogP contribution in [0.5, 0.6) is 0 Å². The monoisotopic (exact) mass is 638 g/mol. The molecule has 0 bridgehead atoms. The number of fused-ring (bicyclic) bond motifs is 6. The van der Waals surface area contributed by atoms with Crippen LogP contribution >= 0.6 is 34.8 Å². The Morgan fingerprint density at radius 1 is 0.523 bits per heavy atom. The molecule has 6 aromatic heterocycles. The van der Waals surface area contributed by atoms with Crippen LogP contribution in [0.3, 0.4) is 0 Å². The molecule has 0 radical (unpaired) electrons. The summed E-state index contributed by atoms with van der Waals surface area (Å²) in [5.41, 5.74) is 8.44. The smallest absolute Gasteiger partial charge is 0.183 e. The summed E-state index contributed by atoms with van der Waals surface area (Å²) in [6, 6.07) is 18.7. The fraction of sp³-hybridized carbons (Fsp3) is 0.0968. The Labute approximate surface area is 265 Å². The molecule has 0 aliphatic carbocycles. The standard InChI is InChI=1S/C16H12ClN5.C15H9Cl2N5/c1-9-5-3-6-11(17)13(9)16-21-20-15-10(2)19-14-12(22(15)16)7-4-8-18-14;1-8-14-20-21-15(12-9(16)4-2-5-10(12)17)22(14)11-6-3-7-18-13(11)19-8/h3-8H,1-2H3;2-7H,1H3. The average Bonchev–Trinajstić information content (AvgIpc) is 3.65. The predicted octanol–water partition coefficient (Wildman–Crippen LogP) is 7.56. The van der Waals surface area contributed by atoms with E-state index in [0.717, 1.165) is 39.2 Å². The van der Waals surface area contributed by atoms with Crippen molar-refractivity contribution in [3.63, 3.8) is 0 Å². The van der Waals surface area contributed by atoms with Crippen LogP contribution in [-0.4, -0.2) is 49.1 Å². The summed E-state index contributed by atoms with van der Waals surface area (Å²) in [6.07, 6.45) is 3.43. The van der Waals surface area contributed by atoms with Gasteiger partial charge in [0, 0.05) is 18.0 Å². The molecule has 2 aromatic carbocycles. The zero-order chi connectivity index (χ0) is 30.5. The van der Waals surface area contributed by atoms with Crippen molar-refractivity contribution >= 4 is 68.4 Å². The zero-order valence-corrected chi connectivity index (χ0v) is 25.8. The van der Waals surface area contributed by atoms with Gasteiger partial charge in [-0.3, -0.25) is 8.80 Å². The Balaban J connectivity index is 0.000000142. The van der Waals surface area contributed by atoms with Gasteiger partial charge in [-0.1, -0.05) is 53.0 Å². The van der Waals surface area contributed by atoms with E-state index in [2.05, 4.69) is 40.3 Å². The number of aromatic nitrogens is 10. The SMILES string of the molecule is Cc1cccc(Cl)c1-c1nnc2c(C)nc3ncccc3n12.Cc1nc2ncccc2n2c(-c3c(Cl)cccc3Cl)nnc12. The predicted molar refractivity (Wildman–Crippen MR) is 172 cm³/mol. The van der Waals surface area contributed by atoms with Crippen LogP contribution < -0.4 is 0 Å². The number of rotatable bonds is 2. The van der Waals surface area contributed by atoms with Crippen molar-refractivity contribution in [1.82, 2.24) is 49.1 Å². The van der Waals surface area contributed by atoms with Gasteiger partial charge in [0.05, 0.1) is 43.1 Å². The van der Waals surface area contributed by atoms with E-state index in [0.29, 0.717) is 49.2 Å². The summed E-state index contributed by atoms with van der Waals surface area (Å²) >= 11 is 19.0. The van der Waals surface area contributed by atoms with Gasteiger partial charge in [0.1, 0.15) is 0 Å². The third-order valence-corrected chi connectivity index (χ3v) is 8.11. The largest absolute Gasteiger partial charge is 0.270 e. The Kier molecular flexibility index (Phi) is 7.04. The van der Waals surface area contributed by atoms with Crippen molar-refractivity contribution in [1.29, 1.82) is 0 Å². The second-order valence-electron chi connectivity index (χ2n) is 9.98. The van der Waals surface area contributed by atoms with Gasteiger partial charge in [-0.05, 0) is 68.8 Å². The van der Waals surface area contributed by atoms with E-state index in [9.17, 15) is 0 Å². The molecule has 10 nitrogen and oxygen atoms in total. The molecule has 0 amide bonds. The molecule has 0 unspecified atom stereocenters. The lowest BCUT2D eigenvalue weighted by Crippen LogP contribution is -1.99. The topological polar surface area (TPSA) is 112 Å². The first-order valence-corrected chi connectivity index (χ1v) is 14.6. The minimum atomic E-state index is 0.522. The van der Waals surface area contributed by atoms with Crippen molar-refractivity contribution < 1.29 is 0 Å². The molecule has 0 fully saturated rings. The average molecular weight is 640 g/mol. The molecule has 0 spiro atoms. The number of aryl methyl sites for hydroxylation is 3. The first kappa shape index (κ1) is 28.0. The van der Waals surface area contributed by atoms with Gasteiger partial charge in [-0.2, -0.15) is 0 Å². The van der Waals surface area contributed by atoms with Crippen LogP contribution in [0, 0.1) is 20.8 Å². The summed E-state index contributed by atoms with van der Waals surface area (Å²) < 4.78 is 3.86. The molecular weight excluding hydrogens is 619 g/mol. The van der Waals surface area contributed by atoms with Gasteiger partial charge in [-0.15, -0.1) is 20.4 Å².